The summed E-state index contributed by atoms with van der Waals surface area (Å²) in [6.45, 7) is 0. The van der Waals surface area contributed by atoms with Gasteiger partial charge in [0.2, 0.25) is 0 Å². The molecule has 3 nitrogen and oxygen atoms in total. The van der Waals surface area contributed by atoms with Gasteiger partial charge >= 0.3 is 0 Å². The van der Waals surface area contributed by atoms with E-state index in [1.54, 1.807) is 0 Å². The van der Waals surface area contributed by atoms with Gasteiger partial charge in [-0.2, -0.15) is 0 Å². The van der Waals surface area contributed by atoms with Gasteiger partial charge in [0.05, 0.1) is 5.69 Å². The third kappa shape index (κ3) is 3.82. The summed E-state index contributed by atoms with van der Waals surface area (Å²) in [5.41, 5.74) is 2.86. The van der Waals surface area contributed by atoms with Crippen LogP contribution in [0.3, 0.4) is 0 Å². The lowest BCUT2D eigenvalue weighted by atomic mass is 10.2. The van der Waals surface area contributed by atoms with E-state index >= 15 is 0 Å². The molecule has 3 rings (SSSR count). The lowest BCUT2D eigenvalue weighted by Gasteiger charge is -2.07. The molecule has 0 aliphatic heterocycles. The Labute approximate surface area is 143 Å². The van der Waals surface area contributed by atoms with Crippen molar-refractivity contribution in [2.24, 2.45) is 0 Å². The van der Waals surface area contributed by atoms with Gasteiger partial charge in [0.15, 0.2) is 10.2 Å². The van der Waals surface area contributed by atoms with E-state index in [9.17, 15) is 0 Å². The molecule has 3 aromatic rings. The fourth-order valence-electron chi connectivity index (χ4n) is 1.87. The van der Waals surface area contributed by atoms with Gasteiger partial charge in [0.25, 0.3) is 0 Å². The number of hydrogen-bond donors (Lipinski definition) is 2. The largest absolute Gasteiger partial charge is 0.332 e. The van der Waals surface area contributed by atoms with Crippen LogP contribution < -0.4 is 10.6 Å². The Hall–Kier alpha value is -1.95. The first-order valence-electron chi connectivity index (χ1n) is 6.55. The topological polar surface area (TPSA) is 37.0 Å². The number of thiocarbonyl (C=S) groups is 1. The Morgan fingerprint density at radius 1 is 1.00 bits per heavy atom. The van der Waals surface area contributed by atoms with E-state index in [0.29, 0.717) is 10.1 Å². The van der Waals surface area contributed by atoms with E-state index < -0.39 is 0 Å². The molecule has 1 heterocycles. The minimum absolute atomic E-state index is 0.517. The number of para-hydroxylation sites is 1. The van der Waals surface area contributed by atoms with E-state index in [2.05, 4.69) is 15.6 Å². The van der Waals surface area contributed by atoms with Crippen LogP contribution in [0.1, 0.15) is 0 Å². The van der Waals surface area contributed by atoms with Gasteiger partial charge in [0.1, 0.15) is 0 Å². The maximum atomic E-state index is 5.89. The lowest BCUT2D eigenvalue weighted by Crippen LogP contribution is -2.18. The Morgan fingerprint density at radius 2 is 1.73 bits per heavy atom. The van der Waals surface area contributed by atoms with Gasteiger partial charge in [-0.3, -0.25) is 0 Å². The minimum atomic E-state index is 0.517. The summed E-state index contributed by atoms with van der Waals surface area (Å²) < 4.78 is 0. The van der Waals surface area contributed by atoms with Crippen molar-refractivity contribution in [1.82, 2.24) is 4.98 Å². The third-order valence-electron chi connectivity index (χ3n) is 2.90. The first-order chi connectivity index (χ1) is 10.7. The van der Waals surface area contributed by atoms with Crippen molar-refractivity contribution in [2.45, 2.75) is 0 Å². The molecule has 0 aliphatic rings. The molecular formula is C16H12ClN3S2. The van der Waals surface area contributed by atoms with Crippen molar-refractivity contribution < 1.29 is 0 Å². The monoisotopic (exact) mass is 345 g/mol. The highest BCUT2D eigenvalue weighted by Crippen LogP contribution is 2.26. The normalized spacial score (nSPS) is 10.2. The highest BCUT2D eigenvalue weighted by atomic mass is 35.5. The molecule has 110 valence electrons. The van der Waals surface area contributed by atoms with Crippen LogP contribution in [0.15, 0.2) is 60.0 Å². The van der Waals surface area contributed by atoms with Crippen LogP contribution in [0.25, 0.3) is 11.3 Å². The molecule has 0 unspecified atom stereocenters. The van der Waals surface area contributed by atoms with Gasteiger partial charge in [-0.05, 0) is 36.5 Å². The zero-order valence-corrected chi connectivity index (χ0v) is 13.8. The van der Waals surface area contributed by atoms with Gasteiger partial charge < -0.3 is 10.6 Å². The molecule has 0 amide bonds. The van der Waals surface area contributed by atoms with Crippen molar-refractivity contribution in [1.29, 1.82) is 0 Å². The standard InChI is InChI=1S/C16H12ClN3S2/c17-12-8-6-11(7-9-12)14-10-22-16(19-14)20-15(21)18-13-4-2-1-3-5-13/h1-10H,(H2,18,19,20,21). The van der Waals surface area contributed by atoms with Crippen LogP contribution in [0.4, 0.5) is 10.8 Å². The van der Waals surface area contributed by atoms with Crippen LogP contribution in [0.2, 0.25) is 5.02 Å². The number of rotatable bonds is 3. The molecule has 0 spiro atoms. The molecule has 0 radical (unpaired) electrons. The summed E-state index contributed by atoms with van der Waals surface area (Å²) in [5, 5.41) is 10.2. The van der Waals surface area contributed by atoms with Crippen LogP contribution in [0, 0.1) is 0 Å². The summed E-state index contributed by atoms with van der Waals surface area (Å²) in [6, 6.07) is 17.4. The van der Waals surface area contributed by atoms with E-state index in [4.69, 9.17) is 23.8 Å². The van der Waals surface area contributed by atoms with E-state index in [1.807, 2.05) is 60.0 Å². The molecule has 0 saturated heterocycles. The number of nitrogens with zero attached hydrogens (tertiary/aromatic N) is 1. The molecule has 22 heavy (non-hydrogen) atoms. The maximum absolute atomic E-state index is 5.89. The zero-order chi connectivity index (χ0) is 15.4. The molecule has 0 bridgehead atoms. The zero-order valence-electron chi connectivity index (χ0n) is 11.4. The average molecular weight is 346 g/mol. The second kappa shape index (κ2) is 6.87. The van der Waals surface area contributed by atoms with Gasteiger partial charge in [-0.25, -0.2) is 4.98 Å². The molecule has 2 N–H and O–H groups in total. The first kappa shape index (κ1) is 15.0. The highest BCUT2D eigenvalue weighted by molar-refractivity contribution is 7.80. The van der Waals surface area contributed by atoms with Crippen LogP contribution in [-0.4, -0.2) is 10.1 Å². The third-order valence-corrected chi connectivity index (χ3v) is 4.11. The smallest absolute Gasteiger partial charge is 0.189 e. The number of anilines is 2. The Bertz CT molecular complexity index is 770. The van der Waals surface area contributed by atoms with E-state index in [1.165, 1.54) is 11.3 Å². The fourth-order valence-corrected chi connectivity index (χ4v) is 2.99. The molecule has 2 aromatic carbocycles. The molecule has 1 aromatic heterocycles. The number of hydrogen-bond acceptors (Lipinski definition) is 3. The molecule has 0 aliphatic carbocycles. The van der Waals surface area contributed by atoms with Crippen LogP contribution in [-0.2, 0) is 0 Å². The predicted molar refractivity (Wildman–Crippen MR) is 98.8 cm³/mol. The number of halogens is 1. The van der Waals surface area contributed by atoms with Crippen LogP contribution >= 0.6 is 35.2 Å². The Balaban J connectivity index is 1.66. The highest BCUT2D eigenvalue weighted by Gasteiger charge is 2.06. The summed E-state index contributed by atoms with van der Waals surface area (Å²) in [5.74, 6) is 0. The second-order valence-corrected chi connectivity index (χ2v) is 6.19. The van der Waals surface area contributed by atoms with Crippen molar-refractivity contribution in [2.75, 3.05) is 10.6 Å². The second-order valence-electron chi connectivity index (χ2n) is 4.49. The SMILES string of the molecule is S=C(Nc1ccccc1)Nc1nc(-c2ccc(Cl)cc2)cs1. The molecular weight excluding hydrogens is 334 g/mol. The van der Waals surface area contributed by atoms with E-state index in [-0.39, 0.29) is 0 Å². The van der Waals surface area contributed by atoms with Crippen molar-refractivity contribution >= 4 is 51.1 Å². The van der Waals surface area contributed by atoms with Gasteiger partial charge in [0, 0.05) is 21.7 Å². The number of thiazole rings is 1. The molecule has 0 atom stereocenters. The van der Waals surface area contributed by atoms with Gasteiger partial charge in [-0.15, -0.1) is 11.3 Å². The van der Waals surface area contributed by atoms with Crippen molar-refractivity contribution in [3.05, 3.63) is 65.0 Å². The first-order valence-corrected chi connectivity index (χ1v) is 8.22. The summed E-state index contributed by atoms with van der Waals surface area (Å²) >= 11 is 12.7. The number of aromatic nitrogens is 1. The quantitative estimate of drug-likeness (QED) is 0.634. The molecule has 0 saturated carbocycles. The van der Waals surface area contributed by atoms with Gasteiger partial charge in [-0.1, -0.05) is 41.9 Å². The molecule has 6 heteroatoms. The van der Waals surface area contributed by atoms with Crippen LogP contribution in [0.5, 0.6) is 0 Å². The minimum Gasteiger partial charge on any atom is -0.332 e. The van der Waals surface area contributed by atoms with Crippen molar-refractivity contribution in [3.63, 3.8) is 0 Å². The summed E-state index contributed by atoms with van der Waals surface area (Å²) in [6.07, 6.45) is 0. The van der Waals surface area contributed by atoms with Crippen molar-refractivity contribution in [3.8, 4) is 11.3 Å². The maximum Gasteiger partial charge on any atom is 0.189 e. The number of nitrogens with one attached hydrogen (secondary N) is 2. The summed E-state index contributed by atoms with van der Waals surface area (Å²) in [4.78, 5) is 4.53. The summed E-state index contributed by atoms with van der Waals surface area (Å²) in [7, 11) is 0. The Morgan fingerprint density at radius 3 is 2.45 bits per heavy atom. The molecule has 0 fully saturated rings. The number of benzene rings is 2. The lowest BCUT2D eigenvalue weighted by molar-refractivity contribution is 1.40. The fraction of sp³-hybridized carbons (Fsp3) is 0. The van der Waals surface area contributed by atoms with E-state index in [0.717, 1.165) is 22.1 Å². The predicted octanol–water partition coefficient (Wildman–Crippen LogP) is 5.27. The average Bonchev–Trinajstić information content (AvgIpc) is 2.97. The Kier molecular flexibility index (Phi) is 4.68.